The van der Waals surface area contributed by atoms with E-state index >= 15 is 0 Å². The summed E-state index contributed by atoms with van der Waals surface area (Å²) in [5.41, 5.74) is 2.81. The fourth-order valence-corrected chi connectivity index (χ4v) is 4.07. The van der Waals surface area contributed by atoms with E-state index in [0.717, 1.165) is 16.9 Å². The van der Waals surface area contributed by atoms with E-state index in [4.69, 9.17) is 30.6 Å². The third-order valence-electron chi connectivity index (χ3n) is 5.56. The molecule has 0 atom stereocenters. The molecule has 0 fully saturated rings. The van der Waals surface area contributed by atoms with Crippen LogP contribution >= 0.6 is 11.6 Å². The number of fused-ring (bicyclic) bond motifs is 1. The molecule has 35 heavy (non-hydrogen) atoms. The molecule has 4 rings (SSSR count). The summed E-state index contributed by atoms with van der Waals surface area (Å²) in [4.78, 5) is 17.3. The van der Waals surface area contributed by atoms with Crippen LogP contribution in [-0.2, 0) is 24.2 Å². The van der Waals surface area contributed by atoms with Gasteiger partial charge in [-0.25, -0.2) is 0 Å². The highest BCUT2D eigenvalue weighted by molar-refractivity contribution is 6.34. The summed E-state index contributed by atoms with van der Waals surface area (Å²) in [6, 6.07) is 12.6. The lowest BCUT2D eigenvalue weighted by atomic mass is 10.1. The second kappa shape index (κ2) is 11.4. The normalized spacial score (nSPS) is 13.5. The highest BCUT2D eigenvalue weighted by atomic mass is 35.5. The Morgan fingerprint density at radius 3 is 2.74 bits per heavy atom. The maximum absolute atomic E-state index is 13.6. The summed E-state index contributed by atoms with van der Waals surface area (Å²) in [5.74, 6) is 1.22. The maximum atomic E-state index is 13.6. The predicted octanol–water partition coefficient (Wildman–Crippen LogP) is 3.46. The van der Waals surface area contributed by atoms with Crippen molar-refractivity contribution in [2.45, 2.75) is 19.5 Å². The average molecular weight is 499 g/mol. The van der Waals surface area contributed by atoms with E-state index in [-0.39, 0.29) is 30.7 Å². The summed E-state index contributed by atoms with van der Waals surface area (Å²) in [6.45, 7) is 5.92. The van der Waals surface area contributed by atoms with Crippen molar-refractivity contribution in [1.82, 2.24) is 15.1 Å². The molecule has 0 bridgehead atoms. The first kappa shape index (κ1) is 24.7. The first-order valence-corrected chi connectivity index (χ1v) is 11.5. The van der Waals surface area contributed by atoms with Crippen molar-refractivity contribution in [3.63, 3.8) is 0 Å². The Hall–Kier alpha value is -3.40. The fraction of sp³-hybridized carbons (Fsp3) is 0.320. The minimum absolute atomic E-state index is 0.112. The second-order valence-electron chi connectivity index (χ2n) is 7.99. The number of aromatic nitrogens is 2. The fourth-order valence-electron chi connectivity index (χ4n) is 3.82. The number of nitrogens with zero attached hydrogens (tertiary/aromatic N) is 4. The lowest BCUT2D eigenvalue weighted by Gasteiger charge is -2.25. The third kappa shape index (κ3) is 5.82. The number of halogens is 1. The molecule has 1 N–H and O–H groups in total. The van der Waals surface area contributed by atoms with E-state index < -0.39 is 0 Å². The van der Waals surface area contributed by atoms with Gasteiger partial charge in [-0.1, -0.05) is 36.4 Å². The van der Waals surface area contributed by atoms with Gasteiger partial charge in [-0.3, -0.25) is 4.79 Å². The highest BCUT2D eigenvalue weighted by Gasteiger charge is 2.28. The molecule has 0 saturated carbocycles. The van der Waals surface area contributed by atoms with E-state index in [1.807, 2.05) is 29.2 Å². The van der Waals surface area contributed by atoms with Gasteiger partial charge < -0.3 is 28.8 Å². The Morgan fingerprint density at radius 1 is 1.17 bits per heavy atom. The molecule has 9 nitrogen and oxygen atoms in total. The molecular formula is C25H27ClN4O5. The molecule has 10 heteroatoms. The zero-order valence-electron chi connectivity index (χ0n) is 19.4. The predicted molar refractivity (Wildman–Crippen MR) is 130 cm³/mol. The quantitative estimate of drug-likeness (QED) is 0.478. The van der Waals surface area contributed by atoms with Gasteiger partial charge >= 0.3 is 0 Å². The summed E-state index contributed by atoms with van der Waals surface area (Å²) in [6.07, 6.45) is 0.542. The van der Waals surface area contributed by atoms with Gasteiger partial charge in [0.25, 0.3) is 5.91 Å². The van der Waals surface area contributed by atoms with Gasteiger partial charge in [0.2, 0.25) is 11.8 Å². The monoisotopic (exact) mass is 498 g/mol. The molecule has 0 radical (unpaired) electrons. The molecule has 184 valence electrons. The number of ether oxygens (including phenoxy) is 2. The number of benzene rings is 2. The SMILES string of the molecule is C=C1CN(C(=O)c2ccc(OCCO)cc2Cl)c2ccccc2CN1Cc1nnc(CCOC)o1. The number of carbonyl (C=O) groups is 1. The number of methoxy groups -OCH3 is 1. The molecule has 2 aromatic carbocycles. The first-order valence-electron chi connectivity index (χ1n) is 11.2. The topological polar surface area (TPSA) is 101 Å². The number of hydrogen-bond donors (Lipinski definition) is 1. The molecular weight excluding hydrogens is 472 g/mol. The van der Waals surface area contributed by atoms with Gasteiger partial charge in [-0.2, -0.15) is 0 Å². The van der Waals surface area contributed by atoms with E-state index in [1.165, 1.54) is 0 Å². The Morgan fingerprint density at radius 2 is 1.97 bits per heavy atom. The molecule has 0 aliphatic carbocycles. The van der Waals surface area contributed by atoms with E-state index in [9.17, 15) is 4.79 Å². The molecule has 1 aromatic heterocycles. The second-order valence-corrected chi connectivity index (χ2v) is 8.40. The van der Waals surface area contributed by atoms with E-state index in [2.05, 4.69) is 16.8 Å². The maximum Gasteiger partial charge on any atom is 0.260 e. The van der Waals surface area contributed by atoms with Gasteiger partial charge in [0.05, 0.1) is 36.9 Å². The largest absolute Gasteiger partial charge is 0.491 e. The Bertz CT molecular complexity index is 1200. The van der Waals surface area contributed by atoms with Crippen LogP contribution < -0.4 is 9.64 Å². The highest BCUT2D eigenvalue weighted by Crippen LogP contribution is 2.32. The molecule has 1 amide bonds. The van der Waals surface area contributed by atoms with E-state index in [0.29, 0.717) is 49.2 Å². The van der Waals surface area contributed by atoms with Crippen LogP contribution in [0.1, 0.15) is 27.7 Å². The Balaban J connectivity index is 1.57. The summed E-state index contributed by atoms with van der Waals surface area (Å²) in [7, 11) is 1.62. The lowest BCUT2D eigenvalue weighted by Crippen LogP contribution is -2.34. The van der Waals surface area contributed by atoms with Crippen molar-refractivity contribution in [2.75, 3.05) is 38.4 Å². The summed E-state index contributed by atoms with van der Waals surface area (Å²) < 4.78 is 16.2. The van der Waals surface area contributed by atoms with Crippen LogP contribution in [0, 0.1) is 0 Å². The standard InChI is InChI=1S/C25H27ClN4O5/c1-17-14-30(25(32)20-8-7-19(13-21(20)26)34-12-10-31)22-6-4-3-5-18(22)15-29(17)16-24-28-27-23(35-24)9-11-33-2/h3-8,13,31H,1,9-12,14-16H2,2H3. The number of aliphatic hydroxyl groups excluding tert-OH is 1. The number of para-hydroxylation sites is 1. The molecule has 2 heterocycles. The van der Waals surface area contributed by atoms with Gasteiger partial charge in [0.1, 0.15) is 12.4 Å². The van der Waals surface area contributed by atoms with Crippen molar-refractivity contribution in [3.8, 4) is 5.75 Å². The van der Waals surface area contributed by atoms with Crippen molar-refractivity contribution >= 4 is 23.2 Å². The van der Waals surface area contributed by atoms with Crippen molar-refractivity contribution in [1.29, 1.82) is 0 Å². The zero-order valence-corrected chi connectivity index (χ0v) is 20.2. The van der Waals surface area contributed by atoms with Crippen molar-refractivity contribution in [2.24, 2.45) is 0 Å². The van der Waals surface area contributed by atoms with Crippen LogP contribution in [0.4, 0.5) is 5.69 Å². The van der Waals surface area contributed by atoms with E-state index in [1.54, 1.807) is 30.2 Å². The minimum Gasteiger partial charge on any atom is -0.491 e. The average Bonchev–Trinajstić information content (AvgIpc) is 3.26. The van der Waals surface area contributed by atoms with Crippen LogP contribution in [0.15, 0.2) is 59.2 Å². The smallest absolute Gasteiger partial charge is 0.260 e. The van der Waals surface area contributed by atoms with Crippen molar-refractivity contribution in [3.05, 3.63) is 82.7 Å². The zero-order chi connectivity index (χ0) is 24.8. The Kier molecular flexibility index (Phi) is 8.02. The summed E-state index contributed by atoms with van der Waals surface area (Å²) in [5, 5.41) is 17.4. The van der Waals surface area contributed by atoms with Gasteiger partial charge in [0, 0.05) is 31.5 Å². The molecule has 0 saturated heterocycles. The molecule has 1 aliphatic rings. The number of hydrogen-bond acceptors (Lipinski definition) is 8. The first-order chi connectivity index (χ1) is 17.0. The minimum atomic E-state index is -0.251. The van der Waals surface area contributed by atoms with Crippen LogP contribution in [-0.4, -0.2) is 59.6 Å². The number of carbonyl (C=O) groups excluding carboxylic acids is 1. The Labute approximate surface area is 208 Å². The molecule has 0 spiro atoms. The number of aliphatic hydroxyl groups is 1. The molecule has 3 aromatic rings. The number of amides is 1. The summed E-state index contributed by atoms with van der Waals surface area (Å²) >= 11 is 6.44. The third-order valence-corrected chi connectivity index (χ3v) is 5.88. The van der Waals surface area contributed by atoms with Gasteiger partial charge in [-0.05, 0) is 29.8 Å². The van der Waals surface area contributed by atoms with Crippen molar-refractivity contribution < 1.29 is 23.8 Å². The van der Waals surface area contributed by atoms with Gasteiger partial charge in [0.15, 0.2) is 0 Å². The lowest BCUT2D eigenvalue weighted by molar-refractivity contribution is 0.0988. The molecule has 0 unspecified atom stereocenters. The van der Waals surface area contributed by atoms with Crippen LogP contribution in [0.2, 0.25) is 5.02 Å². The van der Waals surface area contributed by atoms with Crippen LogP contribution in [0.25, 0.3) is 0 Å². The van der Waals surface area contributed by atoms with Gasteiger partial charge in [-0.15, -0.1) is 10.2 Å². The molecule has 1 aliphatic heterocycles. The number of rotatable bonds is 9. The van der Waals surface area contributed by atoms with Crippen LogP contribution in [0.5, 0.6) is 5.75 Å². The number of anilines is 1. The van der Waals surface area contributed by atoms with Crippen LogP contribution in [0.3, 0.4) is 0 Å².